The standard InChI is InChI=1S/C29H30ClFN4O2/c1-37-24-7-4-21(5-8-24)3-2-14-34-15-11-29(12-16-34)20-35(26-9-6-23(31)18-25(26)29)28(36)33-19-22-10-13-32-27(30)17-22/h2-10,13,17-18H,11-12,14-16,19-20H2,1H3,(H,33,36). The molecule has 8 heteroatoms. The number of carbonyl (C=O) groups excluding carboxylic acids is 1. The molecule has 0 unspecified atom stereocenters. The summed E-state index contributed by atoms with van der Waals surface area (Å²) in [5.41, 5.74) is 3.48. The molecule has 1 fully saturated rings. The van der Waals surface area contributed by atoms with Gasteiger partial charge in [0.1, 0.15) is 16.7 Å². The third kappa shape index (κ3) is 5.63. The lowest BCUT2D eigenvalue weighted by Crippen LogP contribution is -2.47. The molecule has 0 bridgehead atoms. The van der Waals surface area contributed by atoms with Crippen LogP contribution in [0.1, 0.15) is 29.5 Å². The summed E-state index contributed by atoms with van der Waals surface area (Å²) in [6, 6.07) is 16.1. The second kappa shape index (κ2) is 10.9. The van der Waals surface area contributed by atoms with Gasteiger partial charge in [-0.25, -0.2) is 14.2 Å². The van der Waals surface area contributed by atoms with E-state index < -0.39 is 0 Å². The summed E-state index contributed by atoms with van der Waals surface area (Å²) < 4.78 is 19.5. The van der Waals surface area contributed by atoms with Crippen LogP contribution >= 0.6 is 11.6 Å². The number of halogens is 2. The first-order chi connectivity index (χ1) is 18.0. The molecule has 2 aromatic carbocycles. The first-order valence-electron chi connectivity index (χ1n) is 12.4. The molecule has 0 aliphatic carbocycles. The Morgan fingerprint density at radius 1 is 1.16 bits per heavy atom. The first kappa shape index (κ1) is 25.2. The largest absolute Gasteiger partial charge is 0.497 e. The monoisotopic (exact) mass is 520 g/mol. The number of likely N-dealkylation sites (tertiary alicyclic amines) is 1. The fraction of sp³-hybridized carbons (Fsp3) is 0.310. The number of pyridine rings is 1. The number of piperidine rings is 1. The van der Waals surface area contributed by atoms with Crippen LogP contribution in [0, 0.1) is 5.82 Å². The van der Waals surface area contributed by atoms with Gasteiger partial charge in [0.15, 0.2) is 0 Å². The van der Waals surface area contributed by atoms with Crippen molar-refractivity contribution in [2.75, 3.05) is 38.2 Å². The highest BCUT2D eigenvalue weighted by Gasteiger charge is 2.46. The maximum atomic E-state index is 14.3. The fourth-order valence-corrected chi connectivity index (χ4v) is 5.49. The molecule has 1 spiro atoms. The van der Waals surface area contributed by atoms with E-state index in [0.29, 0.717) is 18.2 Å². The molecule has 3 heterocycles. The number of anilines is 1. The van der Waals surface area contributed by atoms with Crippen molar-refractivity contribution in [2.24, 2.45) is 0 Å². The number of carbonyl (C=O) groups is 1. The molecule has 1 saturated heterocycles. The van der Waals surface area contributed by atoms with Gasteiger partial charge >= 0.3 is 6.03 Å². The van der Waals surface area contributed by atoms with Crippen molar-refractivity contribution in [3.63, 3.8) is 0 Å². The fourth-order valence-electron chi connectivity index (χ4n) is 5.29. The van der Waals surface area contributed by atoms with Crippen molar-refractivity contribution < 1.29 is 13.9 Å². The van der Waals surface area contributed by atoms with Gasteiger partial charge in [-0.3, -0.25) is 9.80 Å². The van der Waals surface area contributed by atoms with Crippen molar-refractivity contribution in [2.45, 2.75) is 24.8 Å². The normalized spacial score (nSPS) is 16.8. The van der Waals surface area contributed by atoms with E-state index in [9.17, 15) is 9.18 Å². The second-order valence-corrected chi connectivity index (χ2v) is 10.0. The van der Waals surface area contributed by atoms with Gasteiger partial charge in [0.25, 0.3) is 0 Å². The Hall–Kier alpha value is -3.42. The minimum atomic E-state index is -0.267. The molecule has 0 atom stereocenters. The van der Waals surface area contributed by atoms with Gasteiger partial charge in [-0.2, -0.15) is 0 Å². The molecule has 5 rings (SSSR count). The van der Waals surface area contributed by atoms with Gasteiger partial charge in [0.05, 0.1) is 7.11 Å². The lowest BCUT2D eigenvalue weighted by molar-refractivity contribution is 0.180. The van der Waals surface area contributed by atoms with Crippen molar-refractivity contribution in [3.8, 4) is 5.75 Å². The van der Waals surface area contributed by atoms with Crippen LogP contribution in [0.15, 0.2) is 66.9 Å². The number of hydrogen-bond donors (Lipinski definition) is 1. The van der Waals surface area contributed by atoms with Crippen LogP contribution in [0.4, 0.5) is 14.9 Å². The Balaban J connectivity index is 1.23. The molecule has 2 amide bonds. The molecule has 37 heavy (non-hydrogen) atoms. The van der Waals surface area contributed by atoms with Crippen molar-refractivity contribution in [3.05, 3.63) is 94.5 Å². The number of hydrogen-bond acceptors (Lipinski definition) is 4. The summed E-state index contributed by atoms with van der Waals surface area (Å²) in [6.07, 6.45) is 7.64. The van der Waals surface area contributed by atoms with Gasteiger partial charge < -0.3 is 10.1 Å². The smallest absolute Gasteiger partial charge is 0.322 e. The summed E-state index contributed by atoms with van der Waals surface area (Å²) in [5.74, 6) is 0.577. The van der Waals surface area contributed by atoms with Gasteiger partial charge in [-0.15, -0.1) is 0 Å². The number of amides is 2. The topological polar surface area (TPSA) is 57.7 Å². The molecular formula is C29H30ClFN4O2. The van der Waals surface area contributed by atoms with Crippen LogP contribution in [0.5, 0.6) is 5.75 Å². The van der Waals surface area contributed by atoms with E-state index in [1.54, 1.807) is 36.4 Å². The van der Waals surface area contributed by atoms with Gasteiger partial charge in [0.2, 0.25) is 0 Å². The van der Waals surface area contributed by atoms with E-state index in [1.165, 1.54) is 6.07 Å². The molecule has 2 aliphatic heterocycles. The molecule has 192 valence electrons. The highest BCUT2D eigenvalue weighted by atomic mass is 35.5. The van der Waals surface area contributed by atoms with Crippen LogP contribution in [-0.4, -0.2) is 49.2 Å². The number of aromatic nitrogens is 1. The maximum absolute atomic E-state index is 14.3. The van der Waals surface area contributed by atoms with Crippen LogP contribution in [-0.2, 0) is 12.0 Å². The number of nitrogens with one attached hydrogen (secondary N) is 1. The first-order valence-corrected chi connectivity index (χ1v) is 12.8. The lowest BCUT2D eigenvalue weighted by atomic mass is 9.74. The Morgan fingerprint density at radius 3 is 2.68 bits per heavy atom. The number of rotatable bonds is 6. The van der Waals surface area contributed by atoms with E-state index >= 15 is 0 Å². The number of methoxy groups -OCH3 is 1. The highest BCUT2D eigenvalue weighted by molar-refractivity contribution is 6.29. The predicted molar refractivity (Wildman–Crippen MR) is 145 cm³/mol. The molecule has 0 saturated carbocycles. The molecule has 6 nitrogen and oxygen atoms in total. The number of urea groups is 1. The Bertz CT molecular complexity index is 1290. The van der Waals surface area contributed by atoms with Gasteiger partial charge in [-0.1, -0.05) is 35.9 Å². The molecule has 2 aliphatic rings. The zero-order valence-electron chi connectivity index (χ0n) is 20.8. The summed E-state index contributed by atoms with van der Waals surface area (Å²) in [7, 11) is 1.66. The zero-order chi connectivity index (χ0) is 25.8. The third-order valence-electron chi connectivity index (χ3n) is 7.36. The van der Waals surface area contributed by atoms with Crippen LogP contribution in [0.3, 0.4) is 0 Å². The molecular weight excluding hydrogens is 491 g/mol. The summed E-state index contributed by atoms with van der Waals surface area (Å²) >= 11 is 5.97. The minimum Gasteiger partial charge on any atom is -0.497 e. The number of ether oxygens (including phenoxy) is 1. The number of nitrogens with zero attached hydrogens (tertiary/aromatic N) is 3. The van der Waals surface area contributed by atoms with Gasteiger partial charge in [0, 0.05) is 36.9 Å². The number of fused-ring (bicyclic) bond motifs is 2. The SMILES string of the molecule is COc1ccc(C=CCN2CCC3(CC2)CN(C(=O)NCc2ccnc(Cl)c2)c2ccc(F)cc23)cc1. The Labute approximate surface area is 221 Å². The average Bonchev–Trinajstić information content (AvgIpc) is 3.22. The minimum absolute atomic E-state index is 0.192. The third-order valence-corrected chi connectivity index (χ3v) is 7.57. The lowest BCUT2D eigenvalue weighted by Gasteiger charge is -2.39. The van der Waals surface area contributed by atoms with Crippen molar-refractivity contribution in [1.82, 2.24) is 15.2 Å². The van der Waals surface area contributed by atoms with Crippen molar-refractivity contribution >= 4 is 29.4 Å². The molecule has 0 radical (unpaired) electrons. The van der Waals surface area contributed by atoms with Crippen LogP contribution in [0.25, 0.3) is 6.08 Å². The summed E-state index contributed by atoms with van der Waals surface area (Å²) in [4.78, 5) is 21.3. The van der Waals surface area contributed by atoms with Crippen LogP contribution < -0.4 is 15.0 Å². The van der Waals surface area contributed by atoms with E-state index in [1.807, 2.05) is 30.3 Å². The molecule has 3 aromatic rings. The number of benzene rings is 2. The maximum Gasteiger partial charge on any atom is 0.322 e. The average molecular weight is 521 g/mol. The highest BCUT2D eigenvalue weighted by Crippen LogP contribution is 2.47. The van der Waals surface area contributed by atoms with E-state index in [-0.39, 0.29) is 17.3 Å². The zero-order valence-corrected chi connectivity index (χ0v) is 21.5. The summed E-state index contributed by atoms with van der Waals surface area (Å²) in [6.45, 7) is 3.50. The quantitative estimate of drug-likeness (QED) is 0.426. The predicted octanol–water partition coefficient (Wildman–Crippen LogP) is 5.66. The van der Waals surface area contributed by atoms with E-state index in [4.69, 9.17) is 16.3 Å². The van der Waals surface area contributed by atoms with E-state index in [0.717, 1.165) is 60.6 Å². The molecule has 1 N–H and O–H groups in total. The van der Waals surface area contributed by atoms with E-state index in [2.05, 4.69) is 27.4 Å². The van der Waals surface area contributed by atoms with Gasteiger partial charge in [-0.05, 0) is 85.1 Å². The second-order valence-electron chi connectivity index (χ2n) is 9.65. The summed E-state index contributed by atoms with van der Waals surface area (Å²) in [5, 5.41) is 3.37. The van der Waals surface area contributed by atoms with Crippen molar-refractivity contribution in [1.29, 1.82) is 0 Å². The molecule has 1 aromatic heterocycles. The van der Waals surface area contributed by atoms with Crippen LogP contribution in [0.2, 0.25) is 5.15 Å². The Morgan fingerprint density at radius 2 is 1.95 bits per heavy atom. The Kier molecular flexibility index (Phi) is 7.44.